The summed E-state index contributed by atoms with van der Waals surface area (Å²) in [6.45, 7) is 2.35. The molecule has 0 amide bonds. The van der Waals surface area contributed by atoms with Crippen LogP contribution in [0.2, 0.25) is 0 Å². The van der Waals surface area contributed by atoms with Crippen molar-refractivity contribution in [1.82, 2.24) is 9.55 Å². The van der Waals surface area contributed by atoms with Gasteiger partial charge in [-0.25, -0.2) is 4.57 Å². The SMILES string of the molecule is COc1ccc(C[n+]2cn(C)c3cc(-c4cccc(CC(C)=O)c4)cnc32)cc1. The van der Waals surface area contributed by atoms with Crippen LogP contribution >= 0.6 is 0 Å². The van der Waals surface area contributed by atoms with E-state index in [9.17, 15) is 4.79 Å². The van der Waals surface area contributed by atoms with Crippen LogP contribution in [0.15, 0.2) is 67.1 Å². The largest absolute Gasteiger partial charge is 0.497 e. The minimum atomic E-state index is 0.165. The normalized spacial score (nSPS) is 11.0. The van der Waals surface area contributed by atoms with Crippen molar-refractivity contribution in [2.45, 2.75) is 19.9 Å². The van der Waals surface area contributed by atoms with Gasteiger partial charge in [-0.3, -0.25) is 9.36 Å². The predicted octanol–water partition coefficient (Wildman–Crippen LogP) is 3.72. The van der Waals surface area contributed by atoms with Crippen molar-refractivity contribution in [3.63, 3.8) is 0 Å². The average Bonchev–Trinajstić information content (AvgIpc) is 3.03. The van der Waals surface area contributed by atoms with Crippen LogP contribution in [0.4, 0.5) is 0 Å². The van der Waals surface area contributed by atoms with Crippen LogP contribution < -0.4 is 9.30 Å². The molecule has 0 radical (unpaired) electrons. The Bertz CT molecular complexity index is 1180. The third-order valence-electron chi connectivity index (χ3n) is 5.04. The maximum absolute atomic E-state index is 11.4. The van der Waals surface area contributed by atoms with Crippen molar-refractivity contribution >= 4 is 16.9 Å². The lowest BCUT2D eigenvalue weighted by atomic mass is 10.0. The lowest BCUT2D eigenvalue weighted by Gasteiger charge is -2.04. The van der Waals surface area contributed by atoms with Gasteiger partial charge in [0.25, 0.3) is 0 Å². The number of nitrogens with zero attached hydrogens (tertiary/aromatic N) is 3. The van der Waals surface area contributed by atoms with E-state index in [0.717, 1.165) is 40.1 Å². The van der Waals surface area contributed by atoms with Gasteiger partial charge < -0.3 is 4.74 Å². The molecule has 29 heavy (non-hydrogen) atoms. The highest BCUT2D eigenvalue weighted by atomic mass is 16.5. The first-order valence-corrected chi connectivity index (χ1v) is 9.59. The molecule has 0 atom stereocenters. The topological polar surface area (TPSA) is 48.0 Å². The van der Waals surface area contributed by atoms with Gasteiger partial charge in [-0.05, 0) is 41.8 Å². The van der Waals surface area contributed by atoms with Crippen molar-refractivity contribution in [3.05, 3.63) is 78.2 Å². The number of ketones is 1. The molecule has 0 aliphatic rings. The third-order valence-corrected chi connectivity index (χ3v) is 5.04. The van der Waals surface area contributed by atoms with E-state index in [1.807, 2.05) is 37.5 Å². The Balaban J connectivity index is 1.67. The van der Waals surface area contributed by atoms with Crippen LogP contribution in [0.3, 0.4) is 0 Å². The van der Waals surface area contributed by atoms with Crippen LogP contribution in [0.25, 0.3) is 22.3 Å². The Kier molecular flexibility index (Phi) is 5.12. The summed E-state index contributed by atoms with van der Waals surface area (Å²) in [6, 6.07) is 18.3. The van der Waals surface area contributed by atoms with Crippen LogP contribution in [0.5, 0.6) is 5.75 Å². The molecule has 0 aliphatic carbocycles. The number of ether oxygens (including phenoxy) is 1. The molecule has 0 N–H and O–H groups in total. The summed E-state index contributed by atoms with van der Waals surface area (Å²) in [6.07, 6.45) is 4.42. The van der Waals surface area contributed by atoms with Gasteiger partial charge in [0.1, 0.15) is 17.7 Å². The Morgan fingerprint density at radius 3 is 2.59 bits per heavy atom. The summed E-state index contributed by atoms with van der Waals surface area (Å²) in [5.74, 6) is 1.02. The van der Waals surface area contributed by atoms with Crippen LogP contribution in [0.1, 0.15) is 18.1 Å². The number of hydrogen-bond acceptors (Lipinski definition) is 3. The van der Waals surface area contributed by atoms with Crippen molar-refractivity contribution < 1.29 is 14.1 Å². The monoisotopic (exact) mass is 386 g/mol. The molecule has 5 heteroatoms. The van der Waals surface area contributed by atoms with Crippen molar-refractivity contribution in [3.8, 4) is 16.9 Å². The molecular formula is C24H24N3O2+. The molecule has 0 unspecified atom stereocenters. The minimum Gasteiger partial charge on any atom is -0.497 e. The summed E-state index contributed by atoms with van der Waals surface area (Å²) >= 11 is 0. The maximum atomic E-state index is 11.4. The van der Waals surface area contributed by atoms with Crippen LogP contribution in [0, 0.1) is 0 Å². The smallest absolute Gasteiger partial charge is 0.301 e. The Labute approximate surface area is 170 Å². The lowest BCUT2D eigenvalue weighted by Crippen LogP contribution is -2.33. The number of Topliss-reactive ketones (excluding diaryl/α,β-unsaturated/α-hetero) is 1. The van der Waals surface area contributed by atoms with E-state index in [4.69, 9.17) is 9.72 Å². The molecule has 0 saturated carbocycles. The number of methoxy groups -OCH3 is 1. The number of pyridine rings is 1. The van der Waals surface area contributed by atoms with Crippen LogP contribution in [-0.4, -0.2) is 22.4 Å². The van der Waals surface area contributed by atoms with E-state index in [2.05, 4.69) is 45.8 Å². The number of carbonyl (C=O) groups excluding carboxylic acids is 1. The minimum absolute atomic E-state index is 0.165. The first-order valence-electron chi connectivity index (χ1n) is 9.59. The second kappa shape index (κ2) is 7.87. The van der Waals surface area contributed by atoms with E-state index in [1.54, 1.807) is 14.0 Å². The van der Waals surface area contributed by atoms with Crippen molar-refractivity contribution in [2.75, 3.05) is 7.11 Å². The fourth-order valence-electron chi connectivity index (χ4n) is 3.60. The molecule has 0 saturated heterocycles. The third kappa shape index (κ3) is 4.04. The van der Waals surface area contributed by atoms with Gasteiger partial charge >= 0.3 is 5.65 Å². The summed E-state index contributed by atoms with van der Waals surface area (Å²) in [4.78, 5) is 16.2. The van der Waals surface area contributed by atoms with Gasteiger partial charge in [-0.2, -0.15) is 0 Å². The van der Waals surface area contributed by atoms with E-state index in [-0.39, 0.29) is 5.78 Å². The van der Waals surface area contributed by atoms with E-state index in [1.165, 1.54) is 5.56 Å². The Morgan fingerprint density at radius 2 is 1.86 bits per heavy atom. The quantitative estimate of drug-likeness (QED) is 0.475. The molecule has 0 aliphatic heterocycles. The Hall–Kier alpha value is -3.47. The van der Waals surface area contributed by atoms with Gasteiger partial charge in [0.05, 0.1) is 20.7 Å². The molecule has 0 spiro atoms. The molecule has 2 aromatic heterocycles. The fraction of sp³-hybridized carbons (Fsp3) is 0.208. The molecule has 2 aromatic carbocycles. The Morgan fingerprint density at radius 1 is 1.07 bits per heavy atom. The molecule has 4 rings (SSSR count). The number of fused-ring (bicyclic) bond motifs is 1. The van der Waals surface area contributed by atoms with Gasteiger partial charge in [0.2, 0.25) is 0 Å². The zero-order valence-electron chi connectivity index (χ0n) is 16.9. The number of aromatic nitrogens is 3. The fourth-order valence-corrected chi connectivity index (χ4v) is 3.60. The summed E-state index contributed by atoms with van der Waals surface area (Å²) < 4.78 is 9.47. The number of hydrogen-bond donors (Lipinski definition) is 0. The summed E-state index contributed by atoms with van der Waals surface area (Å²) in [5.41, 5.74) is 6.32. The second-order valence-electron chi connectivity index (χ2n) is 7.35. The zero-order chi connectivity index (χ0) is 20.4. The lowest BCUT2D eigenvalue weighted by molar-refractivity contribution is -0.665. The standard InChI is InChI=1S/C24H24N3O2/c1-17(28)11-19-5-4-6-20(12-19)21-13-23-24(25-14-21)27(16-26(23)2)15-18-7-9-22(29-3)10-8-18/h4-10,12-14,16H,11,15H2,1-3H3/q+1. The van der Waals surface area contributed by atoms with Gasteiger partial charge in [-0.1, -0.05) is 36.4 Å². The number of rotatable bonds is 6. The van der Waals surface area contributed by atoms with Gasteiger partial charge in [0, 0.05) is 12.0 Å². The molecule has 146 valence electrons. The predicted molar refractivity (Wildman–Crippen MR) is 113 cm³/mol. The van der Waals surface area contributed by atoms with E-state index < -0.39 is 0 Å². The molecule has 2 heterocycles. The maximum Gasteiger partial charge on any atom is 0.301 e. The number of imidazole rings is 1. The summed E-state index contributed by atoms with van der Waals surface area (Å²) in [7, 11) is 3.70. The van der Waals surface area contributed by atoms with E-state index in [0.29, 0.717) is 6.42 Å². The van der Waals surface area contributed by atoms with Crippen molar-refractivity contribution in [1.29, 1.82) is 0 Å². The number of benzene rings is 2. The van der Waals surface area contributed by atoms with Crippen molar-refractivity contribution in [2.24, 2.45) is 7.05 Å². The molecule has 4 aromatic rings. The van der Waals surface area contributed by atoms with Crippen LogP contribution in [-0.2, 0) is 24.8 Å². The summed E-state index contributed by atoms with van der Waals surface area (Å²) in [5, 5.41) is 0. The molecule has 0 fully saturated rings. The molecule has 0 bridgehead atoms. The average molecular weight is 386 g/mol. The highest BCUT2D eigenvalue weighted by Crippen LogP contribution is 2.23. The van der Waals surface area contributed by atoms with Gasteiger partial charge in [0.15, 0.2) is 11.8 Å². The molecular weight excluding hydrogens is 362 g/mol. The highest BCUT2D eigenvalue weighted by molar-refractivity contribution is 5.80. The van der Waals surface area contributed by atoms with E-state index >= 15 is 0 Å². The first-order chi connectivity index (χ1) is 14.0. The highest BCUT2D eigenvalue weighted by Gasteiger charge is 2.16. The molecule has 5 nitrogen and oxygen atoms in total. The van der Waals surface area contributed by atoms with Gasteiger partial charge in [-0.15, -0.1) is 4.98 Å². The number of aryl methyl sites for hydroxylation is 1. The number of carbonyl (C=O) groups is 1. The second-order valence-corrected chi connectivity index (χ2v) is 7.35. The first kappa shape index (κ1) is 18.9. The zero-order valence-corrected chi connectivity index (χ0v) is 16.9.